The minimum Gasteiger partial charge on any atom is -0.368 e. The van der Waals surface area contributed by atoms with Crippen molar-refractivity contribution in [1.29, 1.82) is 0 Å². The highest BCUT2D eigenvalue weighted by atomic mass is 19.1. The van der Waals surface area contributed by atoms with Crippen LogP contribution in [0.25, 0.3) is 5.65 Å². The molecule has 2 aliphatic rings. The molecule has 2 aliphatic heterocycles. The molecule has 0 atom stereocenters. The molecule has 1 fully saturated rings. The van der Waals surface area contributed by atoms with Gasteiger partial charge in [0.2, 0.25) is 0 Å². The van der Waals surface area contributed by atoms with Gasteiger partial charge in [-0.3, -0.25) is 4.90 Å². The molecule has 5 rings (SSSR count). The number of hydrogen-bond donors (Lipinski definition) is 2. The van der Waals surface area contributed by atoms with Gasteiger partial charge >= 0.3 is 6.03 Å². The van der Waals surface area contributed by atoms with Crippen LogP contribution in [0.3, 0.4) is 0 Å². The van der Waals surface area contributed by atoms with E-state index in [0.717, 1.165) is 30.9 Å². The number of nitrogens with one attached hydrogen (secondary N) is 2. The molecule has 0 aliphatic carbocycles. The first-order chi connectivity index (χ1) is 14.4. The van der Waals surface area contributed by atoms with E-state index >= 15 is 0 Å². The Balaban J connectivity index is 1.40. The normalized spacial score (nSPS) is 18.0. The summed E-state index contributed by atoms with van der Waals surface area (Å²) < 4.78 is 15.8. The molecule has 0 unspecified atom stereocenters. The lowest BCUT2D eigenvalue weighted by molar-refractivity contribution is 0.257. The number of rotatable bonds is 2. The molecule has 2 amide bonds. The lowest BCUT2D eigenvalue weighted by Gasteiger charge is -2.41. The maximum atomic E-state index is 14.4. The summed E-state index contributed by atoms with van der Waals surface area (Å²) in [5.74, 6) is 0.0663. The van der Waals surface area contributed by atoms with Gasteiger partial charge < -0.3 is 15.5 Å². The van der Waals surface area contributed by atoms with Gasteiger partial charge in [0.25, 0.3) is 0 Å². The fraction of sp³-hybridized carbons (Fsp3) is 0.400. The number of halogens is 1. The van der Waals surface area contributed by atoms with E-state index in [9.17, 15) is 9.18 Å². The molecule has 0 bridgehead atoms. The summed E-state index contributed by atoms with van der Waals surface area (Å²) >= 11 is 0. The second-order valence-corrected chi connectivity index (χ2v) is 8.29. The average molecular weight is 410 g/mol. The standard InChI is InChI=1S/C20H23FN8O/c1-20(2)11-27(8-6-24-20)16-3-5-22-18-13(16)4-7-28(18)19(30)26-15-10-29-17(9-14(15)21)23-12-25-29/h3,5,9-10,12,24H,4,6-8,11H2,1-2H3,(H,26,30). The van der Waals surface area contributed by atoms with Gasteiger partial charge in [0.05, 0.1) is 11.9 Å². The van der Waals surface area contributed by atoms with Gasteiger partial charge in [-0.1, -0.05) is 0 Å². The van der Waals surface area contributed by atoms with Crippen molar-refractivity contribution >= 4 is 28.9 Å². The van der Waals surface area contributed by atoms with Crippen LogP contribution >= 0.6 is 0 Å². The van der Waals surface area contributed by atoms with E-state index in [1.54, 1.807) is 11.1 Å². The highest BCUT2D eigenvalue weighted by Crippen LogP contribution is 2.35. The van der Waals surface area contributed by atoms with Gasteiger partial charge in [0, 0.05) is 55.2 Å². The third-order valence-electron chi connectivity index (χ3n) is 5.61. The van der Waals surface area contributed by atoms with E-state index in [4.69, 9.17) is 0 Å². The molecule has 30 heavy (non-hydrogen) atoms. The highest BCUT2D eigenvalue weighted by Gasteiger charge is 2.32. The second-order valence-electron chi connectivity index (χ2n) is 8.29. The van der Waals surface area contributed by atoms with Crippen molar-refractivity contribution in [3.63, 3.8) is 0 Å². The fourth-order valence-corrected chi connectivity index (χ4v) is 4.23. The van der Waals surface area contributed by atoms with E-state index in [1.165, 1.54) is 23.1 Å². The monoisotopic (exact) mass is 410 g/mol. The van der Waals surface area contributed by atoms with Crippen molar-refractivity contribution in [3.05, 3.63) is 42.2 Å². The molecule has 3 aromatic rings. The lowest BCUT2D eigenvalue weighted by Crippen LogP contribution is -2.57. The summed E-state index contributed by atoms with van der Waals surface area (Å²) in [6.45, 7) is 7.53. The van der Waals surface area contributed by atoms with Gasteiger partial charge in [-0.05, 0) is 26.3 Å². The van der Waals surface area contributed by atoms with Crippen molar-refractivity contribution in [2.45, 2.75) is 25.8 Å². The predicted molar refractivity (Wildman–Crippen MR) is 112 cm³/mol. The quantitative estimate of drug-likeness (QED) is 0.672. The molecular weight excluding hydrogens is 387 g/mol. The molecule has 0 saturated carbocycles. The van der Waals surface area contributed by atoms with E-state index in [-0.39, 0.29) is 11.2 Å². The van der Waals surface area contributed by atoms with Crippen LogP contribution < -0.4 is 20.4 Å². The topological polar surface area (TPSA) is 90.7 Å². The molecule has 9 nitrogen and oxygen atoms in total. The Hall–Kier alpha value is -3.27. The van der Waals surface area contributed by atoms with Crippen LogP contribution in [0.5, 0.6) is 0 Å². The summed E-state index contributed by atoms with van der Waals surface area (Å²) in [5.41, 5.74) is 2.60. The van der Waals surface area contributed by atoms with Crippen molar-refractivity contribution in [1.82, 2.24) is 24.9 Å². The predicted octanol–water partition coefficient (Wildman–Crippen LogP) is 2.05. The number of urea groups is 1. The smallest absolute Gasteiger partial charge is 0.327 e. The third kappa shape index (κ3) is 3.22. The van der Waals surface area contributed by atoms with Crippen LogP contribution in [-0.2, 0) is 6.42 Å². The minimum absolute atomic E-state index is 0.0155. The van der Waals surface area contributed by atoms with Gasteiger partial charge in [-0.25, -0.2) is 23.7 Å². The van der Waals surface area contributed by atoms with Gasteiger partial charge in [0.1, 0.15) is 12.1 Å². The largest absolute Gasteiger partial charge is 0.368 e. The van der Waals surface area contributed by atoms with Gasteiger partial charge in [0.15, 0.2) is 11.5 Å². The Morgan fingerprint density at radius 1 is 1.30 bits per heavy atom. The number of carbonyl (C=O) groups excluding carboxylic acids is 1. The number of fused-ring (bicyclic) bond motifs is 2. The first kappa shape index (κ1) is 18.7. The Morgan fingerprint density at radius 2 is 2.17 bits per heavy atom. The number of amides is 2. The number of aromatic nitrogens is 4. The minimum atomic E-state index is -0.562. The summed E-state index contributed by atoms with van der Waals surface area (Å²) in [6, 6.07) is 2.83. The van der Waals surface area contributed by atoms with E-state index in [2.05, 4.69) is 44.4 Å². The number of hydrogen-bond acceptors (Lipinski definition) is 6. The van der Waals surface area contributed by atoms with E-state index in [1.807, 2.05) is 6.07 Å². The molecule has 0 spiro atoms. The molecule has 10 heteroatoms. The molecule has 5 heterocycles. The molecular formula is C20H23FN8O. The molecule has 156 valence electrons. The Bertz CT molecular complexity index is 1130. The Labute approximate surface area is 172 Å². The summed E-state index contributed by atoms with van der Waals surface area (Å²) in [5, 5.41) is 10.2. The zero-order chi connectivity index (χ0) is 20.9. The number of carbonyl (C=O) groups is 1. The van der Waals surface area contributed by atoms with Gasteiger partial charge in [-0.2, -0.15) is 5.10 Å². The maximum Gasteiger partial charge on any atom is 0.327 e. The SMILES string of the molecule is CC1(C)CN(c2ccnc3c2CCN3C(=O)Nc2cn3ncnc3cc2F)CCN1. The molecule has 0 aromatic carbocycles. The lowest BCUT2D eigenvalue weighted by atomic mass is 10.0. The number of anilines is 3. The fourth-order valence-electron chi connectivity index (χ4n) is 4.23. The summed E-state index contributed by atoms with van der Waals surface area (Å²) in [4.78, 5) is 25.2. The maximum absolute atomic E-state index is 14.4. The first-order valence-corrected chi connectivity index (χ1v) is 9.96. The zero-order valence-electron chi connectivity index (χ0n) is 16.9. The first-order valence-electron chi connectivity index (χ1n) is 9.96. The van der Waals surface area contributed by atoms with Crippen LogP contribution in [0.4, 0.5) is 26.4 Å². The van der Waals surface area contributed by atoms with Crippen LogP contribution in [0.1, 0.15) is 19.4 Å². The van der Waals surface area contributed by atoms with E-state index < -0.39 is 11.8 Å². The van der Waals surface area contributed by atoms with Crippen molar-refractivity contribution in [2.75, 3.05) is 41.3 Å². The summed E-state index contributed by atoms with van der Waals surface area (Å²) in [6.07, 6.45) is 5.19. The third-order valence-corrected chi connectivity index (χ3v) is 5.61. The van der Waals surface area contributed by atoms with E-state index in [0.29, 0.717) is 24.4 Å². The van der Waals surface area contributed by atoms with Crippen LogP contribution in [0.15, 0.2) is 30.9 Å². The number of nitrogens with zero attached hydrogens (tertiary/aromatic N) is 6. The van der Waals surface area contributed by atoms with Crippen molar-refractivity contribution in [3.8, 4) is 0 Å². The van der Waals surface area contributed by atoms with Crippen LogP contribution in [-0.4, -0.2) is 57.3 Å². The van der Waals surface area contributed by atoms with Gasteiger partial charge in [-0.15, -0.1) is 0 Å². The average Bonchev–Trinajstić information content (AvgIpc) is 3.33. The summed E-state index contributed by atoms with van der Waals surface area (Å²) in [7, 11) is 0. The molecule has 3 aromatic heterocycles. The van der Waals surface area contributed by atoms with Crippen molar-refractivity contribution in [2.24, 2.45) is 0 Å². The highest BCUT2D eigenvalue weighted by molar-refractivity contribution is 6.03. The van der Waals surface area contributed by atoms with Crippen molar-refractivity contribution < 1.29 is 9.18 Å². The van der Waals surface area contributed by atoms with Crippen LogP contribution in [0, 0.1) is 5.82 Å². The zero-order valence-corrected chi connectivity index (χ0v) is 16.9. The number of piperazine rings is 1. The molecule has 2 N–H and O–H groups in total. The second kappa shape index (κ2) is 6.91. The Morgan fingerprint density at radius 3 is 3.00 bits per heavy atom. The molecule has 0 radical (unpaired) electrons. The molecule has 1 saturated heterocycles. The van der Waals surface area contributed by atoms with Crippen LogP contribution in [0.2, 0.25) is 0 Å². The Kier molecular flexibility index (Phi) is 4.31. The number of pyridine rings is 2.